The fourth-order valence-electron chi connectivity index (χ4n) is 2.18. The molecular weight excluding hydrogens is 292 g/mol. The molecule has 0 aromatic heterocycles. The molecule has 4 heteroatoms. The minimum absolute atomic E-state index is 0.215. The molecule has 0 aliphatic rings. The predicted octanol–water partition coefficient (Wildman–Crippen LogP) is 3.47. The number of benzene rings is 2. The highest BCUT2D eigenvalue weighted by molar-refractivity contribution is 5.80. The summed E-state index contributed by atoms with van der Waals surface area (Å²) in [6, 6.07) is 18.6. The van der Waals surface area contributed by atoms with E-state index in [-0.39, 0.29) is 13.0 Å². The highest BCUT2D eigenvalue weighted by Crippen LogP contribution is 2.20. The van der Waals surface area contributed by atoms with Crippen molar-refractivity contribution in [1.82, 2.24) is 0 Å². The molecule has 0 amide bonds. The molecule has 0 saturated heterocycles. The molecule has 0 heterocycles. The van der Waals surface area contributed by atoms with E-state index in [4.69, 9.17) is 9.47 Å². The first-order valence-corrected chi connectivity index (χ1v) is 7.65. The van der Waals surface area contributed by atoms with Crippen LogP contribution in [0.5, 0.6) is 0 Å². The smallest absolute Gasteiger partial charge is 0.352 e. The van der Waals surface area contributed by atoms with Crippen molar-refractivity contribution < 1.29 is 19.1 Å². The average Bonchev–Trinajstić information content (AvgIpc) is 2.59. The van der Waals surface area contributed by atoms with E-state index in [0.717, 1.165) is 5.56 Å². The first kappa shape index (κ1) is 16.7. The van der Waals surface area contributed by atoms with Crippen LogP contribution in [0.1, 0.15) is 30.6 Å². The Morgan fingerprint density at radius 3 is 2.17 bits per heavy atom. The minimum Gasteiger partial charge on any atom is -0.463 e. The fourth-order valence-corrected chi connectivity index (χ4v) is 2.18. The first-order chi connectivity index (χ1) is 11.2. The van der Waals surface area contributed by atoms with Gasteiger partial charge in [0.25, 0.3) is 0 Å². The normalized spacial score (nSPS) is 11.5. The topological polar surface area (TPSA) is 52.6 Å². The summed E-state index contributed by atoms with van der Waals surface area (Å²) in [7, 11) is 0. The summed E-state index contributed by atoms with van der Waals surface area (Å²) < 4.78 is 10.4. The summed E-state index contributed by atoms with van der Waals surface area (Å²) in [6.45, 7) is 1.96. The maximum absolute atomic E-state index is 12.1. The Morgan fingerprint density at radius 2 is 1.57 bits per heavy atom. The summed E-state index contributed by atoms with van der Waals surface area (Å²) in [5.41, 5.74) is 1.66. The van der Waals surface area contributed by atoms with Gasteiger partial charge in [0.15, 0.2) is 0 Å². The third-order valence-electron chi connectivity index (χ3n) is 3.31. The Labute approximate surface area is 136 Å². The van der Waals surface area contributed by atoms with Crippen molar-refractivity contribution in [3.8, 4) is 0 Å². The number of ether oxygens (including phenoxy) is 2. The number of hydrogen-bond donors (Lipinski definition) is 0. The Balaban J connectivity index is 1.99. The molecule has 2 aromatic carbocycles. The van der Waals surface area contributed by atoms with Gasteiger partial charge in [-0.05, 0) is 18.9 Å². The molecule has 0 aliphatic heterocycles. The zero-order valence-electron chi connectivity index (χ0n) is 13.1. The van der Waals surface area contributed by atoms with Crippen molar-refractivity contribution in [2.45, 2.75) is 25.9 Å². The van der Waals surface area contributed by atoms with Crippen LogP contribution in [0.15, 0.2) is 60.7 Å². The molecule has 0 aliphatic carbocycles. The molecule has 0 bridgehead atoms. The Bertz CT molecular complexity index is 622. The van der Waals surface area contributed by atoms with E-state index < -0.39 is 18.0 Å². The van der Waals surface area contributed by atoms with Gasteiger partial charge in [0, 0.05) is 12.0 Å². The summed E-state index contributed by atoms with van der Waals surface area (Å²) in [5, 5.41) is 0. The van der Waals surface area contributed by atoms with Crippen LogP contribution < -0.4 is 0 Å². The van der Waals surface area contributed by atoms with E-state index in [1.165, 1.54) is 0 Å². The van der Waals surface area contributed by atoms with Crippen molar-refractivity contribution in [3.63, 3.8) is 0 Å². The van der Waals surface area contributed by atoms with Crippen molar-refractivity contribution in [1.29, 1.82) is 0 Å². The second-order valence-corrected chi connectivity index (χ2v) is 5.02. The predicted molar refractivity (Wildman–Crippen MR) is 86.7 cm³/mol. The summed E-state index contributed by atoms with van der Waals surface area (Å²) in [4.78, 5) is 24.1. The van der Waals surface area contributed by atoms with Gasteiger partial charge in [-0.2, -0.15) is 0 Å². The van der Waals surface area contributed by atoms with E-state index in [0.29, 0.717) is 12.0 Å². The quantitative estimate of drug-likeness (QED) is 0.735. The lowest BCUT2D eigenvalue weighted by Crippen LogP contribution is -2.22. The third kappa shape index (κ3) is 5.25. The maximum atomic E-state index is 12.1. The van der Waals surface area contributed by atoms with Crippen LogP contribution >= 0.6 is 0 Å². The number of aryl methyl sites for hydroxylation is 1. The van der Waals surface area contributed by atoms with Gasteiger partial charge in [-0.25, -0.2) is 4.79 Å². The molecule has 2 aromatic rings. The molecule has 0 spiro atoms. The number of hydrogen-bond acceptors (Lipinski definition) is 4. The van der Waals surface area contributed by atoms with E-state index in [9.17, 15) is 9.59 Å². The summed E-state index contributed by atoms with van der Waals surface area (Å²) >= 11 is 0. The van der Waals surface area contributed by atoms with E-state index in [1.54, 1.807) is 31.2 Å². The SMILES string of the molecule is CCOC(=O)C(OC(=O)CCc1ccccc1)c1ccccc1. The Morgan fingerprint density at radius 1 is 0.957 bits per heavy atom. The number of carbonyl (C=O) groups excluding carboxylic acids is 2. The van der Waals surface area contributed by atoms with Crippen LogP contribution in [-0.2, 0) is 25.5 Å². The second-order valence-electron chi connectivity index (χ2n) is 5.02. The van der Waals surface area contributed by atoms with Gasteiger partial charge in [-0.3, -0.25) is 4.79 Å². The van der Waals surface area contributed by atoms with Crippen LogP contribution in [0.4, 0.5) is 0 Å². The first-order valence-electron chi connectivity index (χ1n) is 7.65. The molecule has 120 valence electrons. The van der Waals surface area contributed by atoms with Gasteiger partial charge in [0.05, 0.1) is 6.61 Å². The zero-order chi connectivity index (χ0) is 16.5. The van der Waals surface area contributed by atoms with Gasteiger partial charge in [-0.1, -0.05) is 60.7 Å². The van der Waals surface area contributed by atoms with Crippen LogP contribution in [0.2, 0.25) is 0 Å². The Kier molecular flexibility index (Phi) is 6.36. The van der Waals surface area contributed by atoms with E-state index >= 15 is 0 Å². The van der Waals surface area contributed by atoms with Crippen LogP contribution in [0, 0.1) is 0 Å². The molecule has 4 nitrogen and oxygen atoms in total. The molecule has 2 rings (SSSR count). The van der Waals surface area contributed by atoms with Gasteiger partial charge < -0.3 is 9.47 Å². The third-order valence-corrected chi connectivity index (χ3v) is 3.31. The van der Waals surface area contributed by atoms with Gasteiger partial charge >= 0.3 is 11.9 Å². The molecule has 0 radical (unpaired) electrons. The van der Waals surface area contributed by atoms with Gasteiger partial charge in [0.1, 0.15) is 0 Å². The molecule has 0 fully saturated rings. The van der Waals surface area contributed by atoms with Crippen molar-refractivity contribution >= 4 is 11.9 Å². The molecule has 0 N–H and O–H groups in total. The maximum Gasteiger partial charge on any atom is 0.352 e. The van der Waals surface area contributed by atoms with Crippen LogP contribution in [0.25, 0.3) is 0 Å². The van der Waals surface area contributed by atoms with E-state index in [2.05, 4.69) is 0 Å². The highest BCUT2D eigenvalue weighted by atomic mass is 16.6. The van der Waals surface area contributed by atoms with Crippen molar-refractivity contribution in [2.24, 2.45) is 0 Å². The van der Waals surface area contributed by atoms with E-state index in [1.807, 2.05) is 36.4 Å². The zero-order valence-corrected chi connectivity index (χ0v) is 13.1. The van der Waals surface area contributed by atoms with Crippen molar-refractivity contribution in [3.05, 3.63) is 71.8 Å². The summed E-state index contributed by atoms with van der Waals surface area (Å²) in [5.74, 6) is -0.970. The lowest BCUT2D eigenvalue weighted by molar-refractivity contribution is -0.168. The van der Waals surface area contributed by atoms with Gasteiger partial charge in [0.2, 0.25) is 6.10 Å². The molecule has 0 saturated carbocycles. The number of rotatable bonds is 7. The number of esters is 2. The largest absolute Gasteiger partial charge is 0.463 e. The van der Waals surface area contributed by atoms with Gasteiger partial charge in [-0.15, -0.1) is 0 Å². The standard InChI is InChI=1S/C19H20O4/c1-2-22-19(21)18(16-11-7-4-8-12-16)23-17(20)14-13-15-9-5-3-6-10-15/h3-12,18H,2,13-14H2,1H3. The monoisotopic (exact) mass is 312 g/mol. The average molecular weight is 312 g/mol. The molecular formula is C19H20O4. The molecule has 23 heavy (non-hydrogen) atoms. The lowest BCUT2D eigenvalue weighted by atomic mass is 10.1. The van der Waals surface area contributed by atoms with Crippen LogP contribution in [-0.4, -0.2) is 18.5 Å². The minimum atomic E-state index is -1.01. The fraction of sp³-hybridized carbons (Fsp3) is 0.263. The van der Waals surface area contributed by atoms with Crippen LogP contribution in [0.3, 0.4) is 0 Å². The number of carbonyl (C=O) groups is 2. The molecule has 1 unspecified atom stereocenters. The van der Waals surface area contributed by atoms with Crippen molar-refractivity contribution in [2.75, 3.05) is 6.61 Å². The Hall–Kier alpha value is -2.62. The molecule has 1 atom stereocenters. The lowest BCUT2D eigenvalue weighted by Gasteiger charge is -2.16. The second kappa shape index (κ2) is 8.73. The highest BCUT2D eigenvalue weighted by Gasteiger charge is 2.26. The summed E-state index contributed by atoms with van der Waals surface area (Å²) in [6.07, 6.45) is -0.226.